The molecular weight excluding hydrogens is 829 g/mol. The number of benzene rings is 10. The zero-order chi connectivity index (χ0) is 44.5. The number of nitrogens with zero attached hydrogens (tertiary/aromatic N) is 2. The van der Waals surface area contributed by atoms with Crippen molar-refractivity contribution in [1.29, 1.82) is 0 Å². The molecular formula is C64H42N2S. The Balaban J connectivity index is 1.04. The van der Waals surface area contributed by atoms with Crippen molar-refractivity contribution in [1.82, 2.24) is 9.97 Å². The van der Waals surface area contributed by atoms with Crippen molar-refractivity contribution in [3.8, 4) is 101 Å². The van der Waals surface area contributed by atoms with E-state index in [0.29, 0.717) is 5.82 Å². The Morgan fingerprint density at radius 3 is 1.27 bits per heavy atom. The summed E-state index contributed by atoms with van der Waals surface area (Å²) in [5.41, 5.74) is 20.3. The maximum Gasteiger partial charge on any atom is 0.160 e. The monoisotopic (exact) mass is 870 g/mol. The third-order valence-corrected chi connectivity index (χ3v) is 13.9. The molecule has 314 valence electrons. The molecule has 0 atom stereocenters. The van der Waals surface area contributed by atoms with Gasteiger partial charge in [0.2, 0.25) is 0 Å². The van der Waals surface area contributed by atoms with E-state index < -0.39 is 0 Å². The second-order valence-corrected chi connectivity index (χ2v) is 17.9. The van der Waals surface area contributed by atoms with Gasteiger partial charge in [-0.15, -0.1) is 11.3 Å². The summed E-state index contributed by atoms with van der Waals surface area (Å²) in [5.74, 6) is 0.706. The molecule has 0 radical (unpaired) electrons. The van der Waals surface area contributed by atoms with Gasteiger partial charge < -0.3 is 0 Å². The molecule has 0 unspecified atom stereocenters. The minimum atomic E-state index is 0.706. The molecule has 12 aromatic rings. The molecule has 0 amide bonds. The van der Waals surface area contributed by atoms with E-state index in [0.717, 1.165) is 54.7 Å². The second-order valence-electron chi connectivity index (χ2n) is 16.8. The van der Waals surface area contributed by atoms with Gasteiger partial charge in [-0.25, -0.2) is 9.97 Å². The molecule has 0 N–H and O–H groups in total. The quantitative estimate of drug-likeness (QED) is 0.144. The van der Waals surface area contributed by atoms with Crippen molar-refractivity contribution < 1.29 is 0 Å². The van der Waals surface area contributed by atoms with E-state index in [-0.39, 0.29) is 0 Å². The summed E-state index contributed by atoms with van der Waals surface area (Å²) in [6.07, 6.45) is 0. The lowest BCUT2D eigenvalue weighted by Gasteiger charge is -2.24. The average Bonchev–Trinajstić information content (AvgIpc) is 3.80. The maximum absolute atomic E-state index is 5.43. The summed E-state index contributed by atoms with van der Waals surface area (Å²) in [7, 11) is 0. The first-order valence-electron chi connectivity index (χ1n) is 22.7. The van der Waals surface area contributed by atoms with Crippen molar-refractivity contribution in [2.75, 3.05) is 0 Å². The van der Waals surface area contributed by atoms with Crippen molar-refractivity contribution in [2.24, 2.45) is 0 Å². The van der Waals surface area contributed by atoms with E-state index in [9.17, 15) is 0 Å². The highest BCUT2D eigenvalue weighted by molar-refractivity contribution is 7.26. The molecule has 0 aliphatic heterocycles. The molecule has 0 spiro atoms. The number of thiophene rings is 1. The van der Waals surface area contributed by atoms with Gasteiger partial charge in [-0.1, -0.05) is 224 Å². The van der Waals surface area contributed by atoms with Crippen LogP contribution in [0.25, 0.3) is 121 Å². The Labute approximate surface area is 394 Å². The topological polar surface area (TPSA) is 25.8 Å². The first kappa shape index (κ1) is 40.0. The Kier molecular flexibility index (Phi) is 10.4. The number of hydrogen-bond donors (Lipinski definition) is 0. The highest BCUT2D eigenvalue weighted by atomic mass is 32.1. The van der Waals surface area contributed by atoms with E-state index in [2.05, 4.69) is 255 Å². The van der Waals surface area contributed by atoms with Crippen LogP contribution >= 0.6 is 11.3 Å². The Bertz CT molecular complexity index is 3710. The average molecular weight is 871 g/mol. The number of rotatable bonds is 9. The fourth-order valence-corrected chi connectivity index (χ4v) is 10.7. The van der Waals surface area contributed by atoms with Gasteiger partial charge in [0, 0.05) is 21.2 Å². The molecule has 2 aromatic heterocycles. The summed E-state index contributed by atoms with van der Waals surface area (Å²) in [5, 5.41) is 1.15. The van der Waals surface area contributed by atoms with Crippen LogP contribution in [0, 0.1) is 0 Å². The molecule has 12 rings (SSSR count). The van der Waals surface area contributed by atoms with Crippen LogP contribution in [0.2, 0.25) is 0 Å². The fourth-order valence-electron chi connectivity index (χ4n) is 9.56. The zero-order valence-electron chi connectivity index (χ0n) is 36.6. The van der Waals surface area contributed by atoms with Crippen LogP contribution < -0.4 is 0 Å². The summed E-state index contributed by atoms with van der Waals surface area (Å²) >= 11 is 1.76. The molecule has 0 saturated heterocycles. The predicted octanol–water partition coefficient (Wildman–Crippen LogP) is 17.8. The van der Waals surface area contributed by atoms with Gasteiger partial charge in [0.15, 0.2) is 5.82 Å². The first-order valence-corrected chi connectivity index (χ1v) is 23.5. The van der Waals surface area contributed by atoms with Gasteiger partial charge in [-0.3, -0.25) is 0 Å². The lowest BCUT2D eigenvalue weighted by atomic mass is 9.78. The number of hydrogen-bond acceptors (Lipinski definition) is 3. The minimum Gasteiger partial charge on any atom is -0.226 e. The molecule has 0 fully saturated rings. The zero-order valence-corrected chi connectivity index (χ0v) is 37.4. The highest BCUT2D eigenvalue weighted by Crippen LogP contribution is 2.51. The van der Waals surface area contributed by atoms with Crippen molar-refractivity contribution in [3.05, 3.63) is 255 Å². The van der Waals surface area contributed by atoms with E-state index in [4.69, 9.17) is 9.97 Å². The molecule has 0 aliphatic carbocycles. The normalized spacial score (nSPS) is 11.3. The van der Waals surface area contributed by atoms with Crippen molar-refractivity contribution in [2.45, 2.75) is 0 Å². The SMILES string of the molecule is c1ccc(-c2cccc(-c3nc(-c4cccc(-c5cccc(-c6cc(-c7ccccc7)c(-c7ccccc7)c(-c7ccccc7)c6-c6ccccc6)c5)c4)nc4c3sc3ccccc34)c2)cc1. The highest BCUT2D eigenvalue weighted by Gasteiger charge is 2.24. The Hall–Kier alpha value is -8.50. The summed E-state index contributed by atoms with van der Waals surface area (Å²) in [6.45, 7) is 0. The van der Waals surface area contributed by atoms with Gasteiger partial charge in [0.1, 0.15) is 0 Å². The summed E-state index contributed by atoms with van der Waals surface area (Å²) < 4.78 is 2.30. The summed E-state index contributed by atoms with van der Waals surface area (Å²) in [6, 6.07) is 91.5. The predicted molar refractivity (Wildman–Crippen MR) is 284 cm³/mol. The van der Waals surface area contributed by atoms with E-state index in [1.54, 1.807) is 11.3 Å². The van der Waals surface area contributed by atoms with Crippen LogP contribution in [0.4, 0.5) is 0 Å². The van der Waals surface area contributed by atoms with Crippen LogP contribution in [0.3, 0.4) is 0 Å². The Morgan fingerprint density at radius 1 is 0.269 bits per heavy atom. The van der Waals surface area contributed by atoms with Gasteiger partial charge in [-0.05, 0) is 108 Å². The second kappa shape index (κ2) is 17.5. The smallest absolute Gasteiger partial charge is 0.160 e. The van der Waals surface area contributed by atoms with E-state index in [1.807, 2.05) is 0 Å². The van der Waals surface area contributed by atoms with Crippen LogP contribution in [0.1, 0.15) is 0 Å². The molecule has 2 heterocycles. The number of aromatic nitrogens is 2. The Morgan fingerprint density at radius 2 is 0.672 bits per heavy atom. The van der Waals surface area contributed by atoms with Crippen molar-refractivity contribution >= 4 is 31.6 Å². The molecule has 3 heteroatoms. The lowest BCUT2D eigenvalue weighted by Crippen LogP contribution is -1.98. The number of fused-ring (bicyclic) bond motifs is 3. The van der Waals surface area contributed by atoms with Gasteiger partial charge in [-0.2, -0.15) is 0 Å². The largest absolute Gasteiger partial charge is 0.226 e. The maximum atomic E-state index is 5.43. The van der Waals surface area contributed by atoms with Crippen LogP contribution in [-0.4, -0.2) is 9.97 Å². The van der Waals surface area contributed by atoms with E-state index in [1.165, 1.54) is 60.3 Å². The molecule has 0 bridgehead atoms. The summed E-state index contributed by atoms with van der Waals surface area (Å²) in [4.78, 5) is 10.8. The van der Waals surface area contributed by atoms with Crippen LogP contribution in [-0.2, 0) is 0 Å². The van der Waals surface area contributed by atoms with Crippen LogP contribution in [0.15, 0.2) is 255 Å². The van der Waals surface area contributed by atoms with Crippen LogP contribution in [0.5, 0.6) is 0 Å². The molecule has 10 aromatic carbocycles. The molecule has 67 heavy (non-hydrogen) atoms. The molecule has 0 aliphatic rings. The first-order chi connectivity index (χ1) is 33.2. The fraction of sp³-hybridized carbons (Fsp3) is 0. The van der Waals surface area contributed by atoms with Gasteiger partial charge in [0.25, 0.3) is 0 Å². The standard InChI is InChI=1S/C64H42N2S/c1-6-21-43(22-7-1)48-31-19-35-52(40-48)61-63-62(54-37-16-17-38-57(54)67-63)66-64(65-61)53-36-20-33-50(41-53)49-32-18-34-51(39-49)56-42-55(44-23-8-2-9-24-44)58(45-25-10-3-11-26-45)60(47-29-14-5-15-30-47)59(56)46-27-12-4-13-28-46/h1-42H. The van der Waals surface area contributed by atoms with Gasteiger partial charge in [0.05, 0.1) is 15.9 Å². The third kappa shape index (κ3) is 7.62. The molecule has 0 saturated carbocycles. The molecule has 2 nitrogen and oxygen atoms in total. The lowest BCUT2D eigenvalue weighted by molar-refractivity contribution is 1.24. The van der Waals surface area contributed by atoms with Gasteiger partial charge >= 0.3 is 0 Å². The minimum absolute atomic E-state index is 0.706. The van der Waals surface area contributed by atoms with Crippen molar-refractivity contribution in [3.63, 3.8) is 0 Å². The van der Waals surface area contributed by atoms with E-state index >= 15 is 0 Å². The third-order valence-electron chi connectivity index (χ3n) is 12.7.